The van der Waals surface area contributed by atoms with Gasteiger partial charge in [0, 0.05) is 5.02 Å². The van der Waals surface area contributed by atoms with Crippen molar-refractivity contribution in [2.75, 3.05) is 0 Å². The van der Waals surface area contributed by atoms with Crippen LogP contribution in [0.15, 0.2) is 34.8 Å². The van der Waals surface area contributed by atoms with Crippen LogP contribution in [0.5, 0.6) is 11.5 Å². The summed E-state index contributed by atoms with van der Waals surface area (Å²) in [5, 5.41) is 9.45. The van der Waals surface area contributed by atoms with E-state index < -0.39 is 11.8 Å². The minimum absolute atomic E-state index is 0.0627. The normalized spacial score (nSPS) is 10.4. The second-order valence-electron chi connectivity index (χ2n) is 4.06. The van der Waals surface area contributed by atoms with Gasteiger partial charge in [-0.2, -0.15) is 0 Å². The molecule has 0 saturated carbocycles. The van der Waals surface area contributed by atoms with E-state index in [1.54, 1.807) is 25.1 Å². The zero-order chi connectivity index (χ0) is 14.9. The van der Waals surface area contributed by atoms with E-state index in [4.69, 9.17) is 21.4 Å². The molecule has 0 fully saturated rings. The molecule has 0 amide bonds. The lowest BCUT2D eigenvalue weighted by Crippen LogP contribution is -2.01. The molecule has 104 valence electrons. The van der Waals surface area contributed by atoms with Crippen molar-refractivity contribution < 1.29 is 19.0 Å². The third kappa shape index (κ3) is 2.94. The molecule has 0 unspecified atom stereocenters. The number of halogens is 3. The molecule has 0 aliphatic heterocycles. The Kier molecular flexibility index (Phi) is 4.30. The van der Waals surface area contributed by atoms with Gasteiger partial charge in [0.05, 0.1) is 10.0 Å². The molecule has 0 aliphatic rings. The Morgan fingerprint density at radius 2 is 1.95 bits per heavy atom. The molecular formula is C14H9BrClFO3. The molecule has 3 nitrogen and oxygen atoms in total. The van der Waals surface area contributed by atoms with Crippen LogP contribution in [0.2, 0.25) is 5.02 Å². The number of carbonyl (C=O) groups is 1. The Bertz CT molecular complexity index is 688. The summed E-state index contributed by atoms with van der Waals surface area (Å²) in [4.78, 5) is 10.9. The first-order valence-electron chi connectivity index (χ1n) is 5.55. The number of ether oxygens (including phenoxy) is 1. The van der Waals surface area contributed by atoms with Gasteiger partial charge in [0.15, 0.2) is 11.6 Å². The number of carboxylic acid groups (broad SMARTS) is 1. The summed E-state index contributed by atoms with van der Waals surface area (Å²) in [6.07, 6.45) is 0. The van der Waals surface area contributed by atoms with Crippen LogP contribution in [0, 0.1) is 12.7 Å². The first-order valence-corrected chi connectivity index (χ1v) is 6.72. The SMILES string of the molecule is Cc1cc(Cl)ccc1Oc1ccc(C(=O)O)c(Br)c1F. The van der Waals surface area contributed by atoms with Gasteiger partial charge in [-0.15, -0.1) is 0 Å². The number of aromatic carboxylic acids is 1. The zero-order valence-electron chi connectivity index (χ0n) is 10.3. The molecule has 2 aromatic rings. The van der Waals surface area contributed by atoms with Crippen LogP contribution in [0.1, 0.15) is 15.9 Å². The van der Waals surface area contributed by atoms with Crippen LogP contribution in [0.3, 0.4) is 0 Å². The average Bonchev–Trinajstić information content (AvgIpc) is 2.37. The van der Waals surface area contributed by atoms with Crippen molar-refractivity contribution in [3.05, 3.63) is 56.8 Å². The summed E-state index contributed by atoms with van der Waals surface area (Å²) >= 11 is 8.75. The van der Waals surface area contributed by atoms with E-state index >= 15 is 0 Å². The lowest BCUT2D eigenvalue weighted by atomic mass is 10.2. The fourth-order valence-corrected chi connectivity index (χ4v) is 2.35. The first kappa shape index (κ1) is 14.8. The highest BCUT2D eigenvalue weighted by Crippen LogP contribution is 2.33. The third-order valence-electron chi connectivity index (χ3n) is 2.63. The lowest BCUT2D eigenvalue weighted by molar-refractivity contribution is 0.0695. The van der Waals surface area contributed by atoms with Crippen molar-refractivity contribution in [2.45, 2.75) is 6.92 Å². The van der Waals surface area contributed by atoms with E-state index in [1.165, 1.54) is 12.1 Å². The molecule has 0 saturated heterocycles. The smallest absolute Gasteiger partial charge is 0.336 e. The maximum absolute atomic E-state index is 14.1. The van der Waals surface area contributed by atoms with Crippen LogP contribution < -0.4 is 4.74 Å². The van der Waals surface area contributed by atoms with Crippen LogP contribution in [-0.4, -0.2) is 11.1 Å². The summed E-state index contributed by atoms with van der Waals surface area (Å²) in [6.45, 7) is 1.78. The molecule has 0 aromatic heterocycles. The summed E-state index contributed by atoms with van der Waals surface area (Å²) in [7, 11) is 0. The highest BCUT2D eigenvalue weighted by atomic mass is 79.9. The van der Waals surface area contributed by atoms with Crippen LogP contribution in [0.25, 0.3) is 0 Å². The number of hydrogen-bond donors (Lipinski definition) is 1. The predicted molar refractivity (Wildman–Crippen MR) is 77.3 cm³/mol. The van der Waals surface area contributed by atoms with E-state index in [9.17, 15) is 9.18 Å². The van der Waals surface area contributed by atoms with Gasteiger partial charge in [-0.05, 0) is 58.7 Å². The van der Waals surface area contributed by atoms with Gasteiger partial charge in [-0.25, -0.2) is 9.18 Å². The number of rotatable bonds is 3. The van der Waals surface area contributed by atoms with Gasteiger partial charge in [0.1, 0.15) is 5.75 Å². The van der Waals surface area contributed by atoms with Crippen LogP contribution in [-0.2, 0) is 0 Å². The van der Waals surface area contributed by atoms with E-state index in [2.05, 4.69) is 15.9 Å². The number of aryl methyl sites for hydroxylation is 1. The standard InChI is InChI=1S/C14H9BrClFO3/c1-7-6-8(16)2-4-10(7)20-11-5-3-9(14(18)19)12(15)13(11)17/h2-6H,1H3,(H,18,19). The fourth-order valence-electron chi connectivity index (χ4n) is 1.62. The second kappa shape index (κ2) is 5.81. The molecule has 20 heavy (non-hydrogen) atoms. The minimum atomic E-state index is -1.22. The molecular weight excluding hydrogens is 351 g/mol. The highest BCUT2D eigenvalue weighted by molar-refractivity contribution is 9.10. The molecule has 0 radical (unpaired) electrons. The van der Waals surface area contributed by atoms with Crippen molar-refractivity contribution in [1.82, 2.24) is 0 Å². The third-order valence-corrected chi connectivity index (χ3v) is 3.64. The zero-order valence-corrected chi connectivity index (χ0v) is 12.6. The summed E-state index contributed by atoms with van der Waals surface area (Å²) < 4.78 is 19.4. The Hall–Kier alpha value is -1.59. The Balaban J connectivity index is 2.39. The molecule has 1 N–H and O–H groups in total. The van der Waals surface area contributed by atoms with Crippen molar-refractivity contribution in [1.29, 1.82) is 0 Å². The van der Waals surface area contributed by atoms with E-state index in [-0.39, 0.29) is 15.8 Å². The minimum Gasteiger partial charge on any atom is -0.478 e. The highest BCUT2D eigenvalue weighted by Gasteiger charge is 2.17. The van der Waals surface area contributed by atoms with Gasteiger partial charge in [-0.3, -0.25) is 0 Å². The Morgan fingerprint density at radius 3 is 2.55 bits per heavy atom. The monoisotopic (exact) mass is 358 g/mol. The molecule has 0 spiro atoms. The first-order chi connectivity index (χ1) is 9.40. The van der Waals surface area contributed by atoms with Gasteiger partial charge >= 0.3 is 5.97 Å². The Morgan fingerprint density at radius 1 is 1.30 bits per heavy atom. The molecule has 6 heteroatoms. The summed E-state index contributed by atoms with van der Waals surface area (Å²) in [5.41, 5.74) is 0.581. The van der Waals surface area contributed by atoms with Crippen molar-refractivity contribution >= 4 is 33.5 Å². The number of hydrogen-bond acceptors (Lipinski definition) is 2. The van der Waals surface area contributed by atoms with E-state index in [0.717, 1.165) is 5.56 Å². The van der Waals surface area contributed by atoms with Gasteiger partial charge in [-0.1, -0.05) is 11.6 Å². The van der Waals surface area contributed by atoms with Crippen LogP contribution in [0.4, 0.5) is 4.39 Å². The topological polar surface area (TPSA) is 46.5 Å². The van der Waals surface area contributed by atoms with E-state index in [0.29, 0.717) is 10.8 Å². The number of benzene rings is 2. The molecule has 0 heterocycles. The van der Waals surface area contributed by atoms with Gasteiger partial charge in [0.2, 0.25) is 0 Å². The Labute approximate surface area is 128 Å². The quantitative estimate of drug-likeness (QED) is 0.835. The summed E-state index contributed by atoms with van der Waals surface area (Å²) in [6, 6.07) is 7.49. The van der Waals surface area contributed by atoms with Crippen LogP contribution >= 0.6 is 27.5 Å². The van der Waals surface area contributed by atoms with E-state index in [1.807, 2.05) is 0 Å². The average molecular weight is 360 g/mol. The summed E-state index contributed by atoms with van der Waals surface area (Å²) in [5.74, 6) is -1.60. The lowest BCUT2D eigenvalue weighted by Gasteiger charge is -2.11. The molecule has 2 aromatic carbocycles. The predicted octanol–water partition coefficient (Wildman–Crippen LogP) is 5.04. The van der Waals surface area contributed by atoms with Crippen molar-refractivity contribution in [2.24, 2.45) is 0 Å². The molecule has 0 aliphatic carbocycles. The molecule has 0 atom stereocenters. The van der Waals surface area contributed by atoms with Crippen molar-refractivity contribution in [3.8, 4) is 11.5 Å². The maximum atomic E-state index is 14.1. The maximum Gasteiger partial charge on any atom is 0.336 e. The van der Waals surface area contributed by atoms with Gasteiger partial charge < -0.3 is 9.84 Å². The number of carboxylic acids is 1. The van der Waals surface area contributed by atoms with Crippen molar-refractivity contribution in [3.63, 3.8) is 0 Å². The molecule has 0 bridgehead atoms. The largest absolute Gasteiger partial charge is 0.478 e. The molecule has 2 rings (SSSR count). The fraction of sp³-hybridized carbons (Fsp3) is 0.0714. The second-order valence-corrected chi connectivity index (χ2v) is 5.29. The van der Waals surface area contributed by atoms with Gasteiger partial charge in [0.25, 0.3) is 0 Å².